The topological polar surface area (TPSA) is 108 Å². The third kappa shape index (κ3) is 6.80. The zero-order valence-corrected chi connectivity index (χ0v) is 22.5. The molecule has 1 aliphatic rings. The van der Waals surface area contributed by atoms with Gasteiger partial charge in [0.15, 0.2) is 5.76 Å². The molecule has 0 spiro atoms. The van der Waals surface area contributed by atoms with Crippen molar-refractivity contribution in [1.29, 1.82) is 0 Å². The first-order valence-corrected chi connectivity index (χ1v) is 13.3. The fourth-order valence-corrected chi connectivity index (χ4v) is 4.81. The minimum atomic E-state index is -1.04. The molecule has 5 rings (SSSR count). The Morgan fingerprint density at radius 3 is 2.54 bits per heavy atom. The van der Waals surface area contributed by atoms with Crippen LogP contribution in [0.5, 0.6) is 0 Å². The van der Waals surface area contributed by atoms with Crippen molar-refractivity contribution in [3.63, 3.8) is 0 Å². The van der Waals surface area contributed by atoms with Gasteiger partial charge in [0.05, 0.1) is 12.2 Å². The lowest BCUT2D eigenvalue weighted by Gasteiger charge is -2.36. The van der Waals surface area contributed by atoms with Crippen LogP contribution < -0.4 is 15.5 Å². The van der Waals surface area contributed by atoms with E-state index in [1.165, 1.54) is 18.2 Å². The summed E-state index contributed by atoms with van der Waals surface area (Å²) in [7, 11) is 0. The molecular weight excluding hydrogens is 556 g/mol. The average molecular weight is 582 g/mol. The molecule has 1 saturated heterocycles. The highest BCUT2D eigenvalue weighted by molar-refractivity contribution is 6.31. The number of nitrogens with one attached hydrogen (secondary N) is 2. The summed E-state index contributed by atoms with van der Waals surface area (Å²) >= 11 is 6.02. The van der Waals surface area contributed by atoms with Crippen molar-refractivity contribution in [3.8, 4) is 0 Å². The maximum Gasteiger partial charge on any atom is 0.287 e. The summed E-state index contributed by atoms with van der Waals surface area (Å²) in [4.78, 5) is 46.6. The minimum absolute atomic E-state index is 0.00706. The number of hydrogen-bond acceptors (Lipinski definition) is 6. The molecule has 2 aromatic carbocycles. The second-order valence-electron chi connectivity index (χ2n) is 9.53. The van der Waals surface area contributed by atoms with Crippen LogP contribution in [0.15, 0.2) is 71.3 Å². The number of nitrogens with zero attached hydrogens (tertiary/aromatic N) is 3. The molecule has 0 saturated carbocycles. The Kier molecular flexibility index (Phi) is 8.44. The monoisotopic (exact) mass is 581 g/mol. The summed E-state index contributed by atoms with van der Waals surface area (Å²) < 4.78 is 33.0. The summed E-state index contributed by atoms with van der Waals surface area (Å²) in [5.74, 6) is -2.81. The predicted octanol–water partition coefficient (Wildman–Crippen LogP) is 3.57. The van der Waals surface area contributed by atoms with Gasteiger partial charge in [0, 0.05) is 61.0 Å². The Hall–Kier alpha value is -4.51. The Balaban J connectivity index is 1.20. The van der Waals surface area contributed by atoms with Gasteiger partial charge in [0.2, 0.25) is 11.8 Å². The van der Waals surface area contributed by atoms with Gasteiger partial charge >= 0.3 is 0 Å². The average Bonchev–Trinajstić information content (AvgIpc) is 3.39. The van der Waals surface area contributed by atoms with E-state index in [9.17, 15) is 23.2 Å². The smallest absolute Gasteiger partial charge is 0.287 e. The van der Waals surface area contributed by atoms with E-state index in [4.69, 9.17) is 16.0 Å². The number of benzene rings is 2. The van der Waals surface area contributed by atoms with E-state index in [0.29, 0.717) is 47.9 Å². The highest BCUT2D eigenvalue weighted by Gasteiger charge is 2.27. The van der Waals surface area contributed by atoms with Crippen molar-refractivity contribution < 1.29 is 27.6 Å². The number of hydrogen-bond donors (Lipinski definition) is 2. The van der Waals surface area contributed by atoms with Gasteiger partial charge in [-0.1, -0.05) is 17.7 Å². The van der Waals surface area contributed by atoms with Crippen LogP contribution in [0.25, 0.3) is 11.0 Å². The summed E-state index contributed by atoms with van der Waals surface area (Å²) in [6.07, 6.45) is 1.66. The molecule has 9 nitrogen and oxygen atoms in total. The lowest BCUT2D eigenvalue weighted by atomic mass is 10.1. The first kappa shape index (κ1) is 28.0. The van der Waals surface area contributed by atoms with Gasteiger partial charge < -0.3 is 24.9 Å². The van der Waals surface area contributed by atoms with E-state index in [2.05, 4.69) is 15.6 Å². The van der Waals surface area contributed by atoms with Crippen molar-refractivity contribution in [2.75, 3.05) is 37.6 Å². The van der Waals surface area contributed by atoms with Crippen molar-refractivity contribution in [3.05, 3.63) is 95.0 Å². The van der Waals surface area contributed by atoms with Crippen LogP contribution in [0.4, 0.5) is 14.5 Å². The molecule has 2 aromatic heterocycles. The molecule has 12 heteroatoms. The molecule has 1 aliphatic heterocycles. The van der Waals surface area contributed by atoms with Gasteiger partial charge in [0.1, 0.15) is 23.3 Å². The number of rotatable bonds is 8. The van der Waals surface area contributed by atoms with E-state index >= 15 is 0 Å². The first-order chi connectivity index (χ1) is 19.8. The van der Waals surface area contributed by atoms with Crippen LogP contribution in [0.1, 0.15) is 16.2 Å². The molecule has 1 atom stereocenters. The fraction of sp³-hybridized carbons (Fsp3) is 0.241. The zero-order valence-electron chi connectivity index (χ0n) is 21.8. The summed E-state index contributed by atoms with van der Waals surface area (Å²) in [5, 5.41) is 6.43. The maximum atomic E-state index is 14.1. The maximum absolute atomic E-state index is 14.1. The number of anilines is 1. The van der Waals surface area contributed by atoms with E-state index < -0.39 is 29.5 Å². The van der Waals surface area contributed by atoms with Gasteiger partial charge in [-0.15, -0.1) is 0 Å². The number of furan rings is 1. The van der Waals surface area contributed by atoms with Crippen molar-refractivity contribution in [2.45, 2.75) is 12.5 Å². The number of piperazine rings is 1. The standard InChI is InChI=1S/C29H26ClF2N5O4/c30-19-4-7-25-18(13-19)14-26(41-25)29(40)35-23(16-21-3-1-2-8-33-21)28(39)34-17-27(38)37-11-9-36(10-12-37)24-6-5-20(31)15-22(24)32/h1-8,13-15,23H,9-12,16-17H2,(H,34,39)(H,35,40). The van der Waals surface area contributed by atoms with Gasteiger partial charge in [-0.25, -0.2) is 8.78 Å². The third-order valence-corrected chi connectivity index (χ3v) is 7.00. The summed E-state index contributed by atoms with van der Waals surface area (Å²) in [5.41, 5.74) is 1.31. The normalized spacial score (nSPS) is 14.1. The van der Waals surface area contributed by atoms with E-state index in [0.717, 1.165) is 6.07 Å². The van der Waals surface area contributed by atoms with Crippen LogP contribution in [0.3, 0.4) is 0 Å². The molecule has 0 radical (unpaired) electrons. The van der Waals surface area contributed by atoms with E-state index in [-0.39, 0.29) is 30.3 Å². The molecule has 2 N–H and O–H groups in total. The van der Waals surface area contributed by atoms with Crippen molar-refractivity contribution in [2.24, 2.45) is 0 Å². The zero-order chi connectivity index (χ0) is 28.9. The molecule has 212 valence electrons. The van der Waals surface area contributed by atoms with Crippen LogP contribution in [-0.4, -0.2) is 66.4 Å². The first-order valence-electron chi connectivity index (χ1n) is 12.9. The molecule has 41 heavy (non-hydrogen) atoms. The molecule has 1 unspecified atom stereocenters. The highest BCUT2D eigenvalue weighted by atomic mass is 35.5. The van der Waals surface area contributed by atoms with Crippen LogP contribution in [0, 0.1) is 11.6 Å². The number of aromatic nitrogens is 1. The molecule has 1 fully saturated rings. The number of amides is 3. The molecule has 3 amide bonds. The second-order valence-corrected chi connectivity index (χ2v) is 9.96. The number of carbonyl (C=O) groups is 3. The van der Waals surface area contributed by atoms with Gasteiger partial charge in [-0.3, -0.25) is 19.4 Å². The molecule has 4 aromatic rings. The molecule has 0 bridgehead atoms. The predicted molar refractivity (Wildman–Crippen MR) is 149 cm³/mol. The molecule has 3 heterocycles. The minimum Gasteiger partial charge on any atom is -0.451 e. The Bertz CT molecular complexity index is 1570. The number of carbonyl (C=O) groups excluding carboxylic acids is 3. The van der Waals surface area contributed by atoms with Crippen LogP contribution >= 0.6 is 11.6 Å². The van der Waals surface area contributed by atoms with Gasteiger partial charge in [-0.05, 0) is 48.5 Å². The third-order valence-electron chi connectivity index (χ3n) is 6.76. The Morgan fingerprint density at radius 2 is 1.80 bits per heavy atom. The van der Waals surface area contributed by atoms with E-state index in [1.807, 2.05) is 0 Å². The second kappa shape index (κ2) is 12.3. The Morgan fingerprint density at radius 1 is 1.00 bits per heavy atom. The van der Waals surface area contributed by atoms with Gasteiger partial charge in [-0.2, -0.15) is 0 Å². The van der Waals surface area contributed by atoms with E-state index in [1.54, 1.807) is 52.4 Å². The van der Waals surface area contributed by atoms with Crippen molar-refractivity contribution >= 4 is 46.0 Å². The highest BCUT2D eigenvalue weighted by Crippen LogP contribution is 2.24. The largest absolute Gasteiger partial charge is 0.451 e. The van der Waals surface area contributed by atoms with Crippen LogP contribution in [0.2, 0.25) is 5.02 Å². The van der Waals surface area contributed by atoms with Crippen LogP contribution in [-0.2, 0) is 16.0 Å². The lowest BCUT2D eigenvalue weighted by molar-refractivity contribution is -0.133. The number of pyridine rings is 1. The Labute approximate surface area is 239 Å². The number of halogens is 3. The molecule has 0 aliphatic carbocycles. The van der Waals surface area contributed by atoms with Gasteiger partial charge in [0.25, 0.3) is 5.91 Å². The number of fused-ring (bicyclic) bond motifs is 1. The molecular formula is C29H26ClF2N5O4. The fourth-order valence-electron chi connectivity index (χ4n) is 4.62. The van der Waals surface area contributed by atoms with Crippen molar-refractivity contribution in [1.82, 2.24) is 20.5 Å². The lowest BCUT2D eigenvalue weighted by Crippen LogP contribution is -2.53. The summed E-state index contributed by atoms with van der Waals surface area (Å²) in [6, 6.07) is 14.1. The summed E-state index contributed by atoms with van der Waals surface area (Å²) in [6.45, 7) is 1.01. The quantitative estimate of drug-likeness (QED) is 0.329. The SMILES string of the molecule is O=C(NC(Cc1ccccn1)C(=O)NCC(=O)N1CCN(c2ccc(F)cc2F)CC1)c1cc2cc(Cl)ccc2o1.